The molecule has 1 aromatic carbocycles. The van der Waals surface area contributed by atoms with E-state index in [-0.39, 0.29) is 5.56 Å². The summed E-state index contributed by atoms with van der Waals surface area (Å²) < 4.78 is 39.6. The fraction of sp³-hybridized carbons (Fsp3) is 0.500. The van der Waals surface area contributed by atoms with Crippen molar-refractivity contribution in [3.63, 3.8) is 0 Å². The molecule has 7 heteroatoms. The van der Waals surface area contributed by atoms with Gasteiger partial charge in [-0.05, 0) is 24.6 Å². The van der Waals surface area contributed by atoms with Crippen LogP contribution in [-0.2, 0) is 6.18 Å². The minimum Gasteiger partial charge on any atom is -0.338 e. The molecule has 0 heterocycles. The number of unbranched alkanes of at least 4 members (excludes halogenated alkanes) is 1. The Morgan fingerprint density at radius 3 is 2.48 bits per heavy atom. The molecule has 0 aliphatic carbocycles. The van der Waals surface area contributed by atoms with Gasteiger partial charge in [0.1, 0.15) is 0 Å². The van der Waals surface area contributed by atoms with E-state index in [1.165, 1.54) is 17.0 Å². The molecular formula is C14H16Br2F3NO. The minimum atomic E-state index is -4.56. The lowest BCUT2D eigenvalue weighted by molar-refractivity contribution is -0.138. The van der Waals surface area contributed by atoms with Crippen LogP contribution in [0.2, 0.25) is 0 Å². The van der Waals surface area contributed by atoms with E-state index in [4.69, 9.17) is 0 Å². The zero-order valence-corrected chi connectivity index (χ0v) is 14.7. The van der Waals surface area contributed by atoms with Crippen LogP contribution in [-0.4, -0.2) is 29.2 Å². The van der Waals surface area contributed by atoms with E-state index in [0.717, 1.165) is 18.9 Å². The predicted molar refractivity (Wildman–Crippen MR) is 83.7 cm³/mol. The fourth-order valence-electron chi connectivity index (χ4n) is 1.87. The molecule has 21 heavy (non-hydrogen) atoms. The quantitative estimate of drug-likeness (QED) is 0.574. The molecule has 2 nitrogen and oxygen atoms in total. The fourth-order valence-corrected chi connectivity index (χ4v) is 2.66. The van der Waals surface area contributed by atoms with Crippen molar-refractivity contribution < 1.29 is 18.0 Å². The van der Waals surface area contributed by atoms with Gasteiger partial charge in [-0.2, -0.15) is 13.2 Å². The molecule has 118 valence electrons. The summed E-state index contributed by atoms with van der Waals surface area (Å²) in [7, 11) is 0. The molecule has 0 spiro atoms. The molecule has 0 N–H and O–H groups in total. The summed E-state index contributed by atoms with van der Waals surface area (Å²) in [6, 6.07) is 3.62. The predicted octanol–water partition coefficient (Wildman–Crippen LogP) is 5.11. The summed E-state index contributed by atoms with van der Waals surface area (Å²) in [5.41, 5.74) is -1.21. The van der Waals surface area contributed by atoms with Crippen LogP contribution >= 0.6 is 31.9 Å². The molecular weight excluding hydrogens is 415 g/mol. The Hall–Kier alpha value is -0.560. The van der Waals surface area contributed by atoms with Crippen LogP contribution in [0.5, 0.6) is 0 Å². The zero-order valence-electron chi connectivity index (χ0n) is 11.5. The number of alkyl halides is 4. The molecule has 1 amide bonds. The number of nitrogens with zero attached hydrogens (tertiary/aromatic N) is 1. The van der Waals surface area contributed by atoms with E-state index in [9.17, 15) is 18.0 Å². The van der Waals surface area contributed by atoms with Crippen LogP contribution in [0.4, 0.5) is 13.2 Å². The van der Waals surface area contributed by atoms with Crippen LogP contribution < -0.4 is 0 Å². The molecule has 0 radical (unpaired) electrons. The number of carbonyl (C=O) groups is 1. The van der Waals surface area contributed by atoms with Crippen LogP contribution in [0.3, 0.4) is 0 Å². The highest BCUT2D eigenvalue weighted by Gasteiger charge is 2.36. The van der Waals surface area contributed by atoms with Crippen molar-refractivity contribution in [3.05, 3.63) is 33.8 Å². The Morgan fingerprint density at radius 1 is 1.29 bits per heavy atom. The van der Waals surface area contributed by atoms with Gasteiger partial charge in [0.25, 0.3) is 5.91 Å². The highest BCUT2D eigenvalue weighted by atomic mass is 79.9. The van der Waals surface area contributed by atoms with Crippen molar-refractivity contribution in [1.29, 1.82) is 0 Å². The summed E-state index contributed by atoms with van der Waals surface area (Å²) in [6.07, 6.45) is -2.92. The van der Waals surface area contributed by atoms with Gasteiger partial charge in [0, 0.05) is 22.9 Å². The van der Waals surface area contributed by atoms with Crippen molar-refractivity contribution >= 4 is 37.8 Å². The lowest BCUT2D eigenvalue weighted by Gasteiger charge is -2.23. The number of carbonyl (C=O) groups excluding carboxylic acids is 1. The van der Waals surface area contributed by atoms with Gasteiger partial charge in [0.2, 0.25) is 0 Å². The van der Waals surface area contributed by atoms with Crippen molar-refractivity contribution in [2.24, 2.45) is 0 Å². The standard InChI is InChI=1S/C14H16Br2F3NO/c1-2-3-7-20(8-6-15)13(21)11-5-4-10(16)9-12(11)14(17,18)19/h4-5,9H,2-3,6-8H2,1H3. The normalized spacial score (nSPS) is 11.5. The number of benzene rings is 1. The Labute approximate surface area is 139 Å². The molecule has 0 atom stereocenters. The van der Waals surface area contributed by atoms with Gasteiger partial charge in [-0.25, -0.2) is 0 Å². The van der Waals surface area contributed by atoms with Gasteiger partial charge in [-0.1, -0.05) is 45.2 Å². The number of amides is 1. The van der Waals surface area contributed by atoms with E-state index < -0.39 is 17.6 Å². The minimum absolute atomic E-state index is 0.298. The third-order valence-electron chi connectivity index (χ3n) is 2.94. The monoisotopic (exact) mass is 429 g/mol. The molecule has 0 aliphatic rings. The lowest BCUT2D eigenvalue weighted by Crippen LogP contribution is -2.35. The summed E-state index contributed by atoms with van der Waals surface area (Å²) in [4.78, 5) is 13.9. The first kappa shape index (κ1) is 18.5. The van der Waals surface area contributed by atoms with Crippen LogP contribution in [0.1, 0.15) is 35.7 Å². The second-order valence-corrected chi connectivity index (χ2v) is 6.23. The number of hydrogen-bond acceptors (Lipinski definition) is 1. The van der Waals surface area contributed by atoms with E-state index in [1.807, 2.05) is 6.92 Å². The maximum absolute atomic E-state index is 13.1. The highest BCUT2D eigenvalue weighted by molar-refractivity contribution is 9.10. The first-order chi connectivity index (χ1) is 9.81. The molecule has 0 unspecified atom stereocenters. The molecule has 0 saturated heterocycles. The van der Waals surface area contributed by atoms with Gasteiger partial charge >= 0.3 is 6.18 Å². The van der Waals surface area contributed by atoms with Crippen LogP contribution in [0, 0.1) is 0 Å². The number of halogens is 5. The lowest BCUT2D eigenvalue weighted by atomic mass is 10.1. The summed E-state index contributed by atoms with van der Waals surface area (Å²) in [6.45, 7) is 2.80. The summed E-state index contributed by atoms with van der Waals surface area (Å²) in [5, 5.41) is 0.528. The second kappa shape index (κ2) is 8.17. The average Bonchev–Trinajstić information content (AvgIpc) is 2.41. The topological polar surface area (TPSA) is 20.3 Å². The van der Waals surface area contributed by atoms with E-state index in [2.05, 4.69) is 31.9 Å². The van der Waals surface area contributed by atoms with E-state index >= 15 is 0 Å². The Kier molecular flexibility index (Phi) is 7.20. The third-order valence-corrected chi connectivity index (χ3v) is 3.79. The van der Waals surface area contributed by atoms with Crippen LogP contribution in [0.25, 0.3) is 0 Å². The van der Waals surface area contributed by atoms with Crippen molar-refractivity contribution in [2.45, 2.75) is 25.9 Å². The Balaban J connectivity index is 3.15. The van der Waals surface area contributed by atoms with E-state index in [0.29, 0.717) is 22.9 Å². The molecule has 1 rings (SSSR count). The molecule has 0 aromatic heterocycles. The Morgan fingerprint density at radius 2 is 1.95 bits per heavy atom. The smallest absolute Gasteiger partial charge is 0.338 e. The molecule has 0 saturated carbocycles. The summed E-state index contributed by atoms with van der Waals surface area (Å²) in [5.74, 6) is -0.581. The van der Waals surface area contributed by atoms with Crippen molar-refractivity contribution in [3.8, 4) is 0 Å². The van der Waals surface area contributed by atoms with Gasteiger partial charge in [0.15, 0.2) is 0 Å². The summed E-state index contributed by atoms with van der Waals surface area (Å²) >= 11 is 6.24. The van der Waals surface area contributed by atoms with Gasteiger partial charge in [-0.3, -0.25) is 4.79 Å². The molecule has 0 bridgehead atoms. The number of hydrogen-bond donors (Lipinski definition) is 0. The first-order valence-electron chi connectivity index (χ1n) is 6.53. The second-order valence-electron chi connectivity index (χ2n) is 4.52. The first-order valence-corrected chi connectivity index (χ1v) is 8.44. The van der Waals surface area contributed by atoms with Gasteiger partial charge in [-0.15, -0.1) is 0 Å². The highest BCUT2D eigenvalue weighted by Crippen LogP contribution is 2.34. The Bertz CT molecular complexity index is 492. The van der Waals surface area contributed by atoms with Crippen molar-refractivity contribution in [1.82, 2.24) is 4.90 Å². The van der Waals surface area contributed by atoms with Crippen LogP contribution in [0.15, 0.2) is 22.7 Å². The average molecular weight is 431 g/mol. The number of rotatable bonds is 6. The zero-order chi connectivity index (χ0) is 16.0. The largest absolute Gasteiger partial charge is 0.417 e. The molecule has 0 fully saturated rings. The molecule has 0 aliphatic heterocycles. The third kappa shape index (κ3) is 5.29. The van der Waals surface area contributed by atoms with E-state index in [1.54, 1.807) is 0 Å². The molecule has 1 aromatic rings. The maximum atomic E-state index is 13.1. The maximum Gasteiger partial charge on any atom is 0.417 e. The van der Waals surface area contributed by atoms with Crippen molar-refractivity contribution in [2.75, 3.05) is 18.4 Å². The van der Waals surface area contributed by atoms with Gasteiger partial charge in [0.05, 0.1) is 11.1 Å². The SMILES string of the molecule is CCCCN(CCBr)C(=O)c1ccc(Br)cc1C(F)(F)F. The van der Waals surface area contributed by atoms with Gasteiger partial charge < -0.3 is 4.90 Å².